The standard InChI is InChI=1S/C27H33N3O5/c1-34-22-10-8-20(9-11-22)25(31)28-24(27(33)29-14-3-4-15-29)19-12-16-30(17-13-19)26(32)21-6-5-7-23(18-21)35-2/h5-11,18-19,24H,3-4,12-17H2,1-2H3,(H,28,31). The highest BCUT2D eigenvalue weighted by Crippen LogP contribution is 2.26. The van der Waals surface area contributed by atoms with E-state index in [-0.39, 0.29) is 23.6 Å². The summed E-state index contributed by atoms with van der Waals surface area (Å²) in [6.07, 6.45) is 3.25. The van der Waals surface area contributed by atoms with Crippen molar-refractivity contribution in [1.29, 1.82) is 0 Å². The Balaban J connectivity index is 1.45. The van der Waals surface area contributed by atoms with E-state index < -0.39 is 6.04 Å². The van der Waals surface area contributed by atoms with Gasteiger partial charge in [0.05, 0.1) is 14.2 Å². The van der Waals surface area contributed by atoms with Gasteiger partial charge in [0, 0.05) is 37.3 Å². The zero-order valence-corrected chi connectivity index (χ0v) is 20.4. The topological polar surface area (TPSA) is 88.2 Å². The van der Waals surface area contributed by atoms with Crippen LogP contribution < -0.4 is 14.8 Å². The minimum Gasteiger partial charge on any atom is -0.497 e. The molecular formula is C27H33N3O5. The summed E-state index contributed by atoms with van der Waals surface area (Å²) < 4.78 is 10.4. The first-order valence-corrected chi connectivity index (χ1v) is 12.2. The molecule has 0 saturated carbocycles. The fourth-order valence-electron chi connectivity index (χ4n) is 4.86. The number of hydrogen-bond acceptors (Lipinski definition) is 5. The molecule has 2 heterocycles. The monoisotopic (exact) mass is 479 g/mol. The number of rotatable bonds is 7. The number of carbonyl (C=O) groups is 3. The number of nitrogens with one attached hydrogen (secondary N) is 1. The van der Waals surface area contributed by atoms with E-state index in [1.807, 2.05) is 15.9 Å². The van der Waals surface area contributed by atoms with Gasteiger partial charge in [-0.05, 0) is 74.1 Å². The summed E-state index contributed by atoms with van der Waals surface area (Å²) in [6, 6.07) is 13.4. The Morgan fingerprint density at radius 2 is 1.49 bits per heavy atom. The van der Waals surface area contributed by atoms with E-state index in [4.69, 9.17) is 9.47 Å². The molecule has 2 saturated heterocycles. The molecule has 2 aromatic rings. The van der Waals surface area contributed by atoms with Gasteiger partial charge in [-0.2, -0.15) is 0 Å². The van der Waals surface area contributed by atoms with Crippen molar-refractivity contribution in [2.24, 2.45) is 5.92 Å². The van der Waals surface area contributed by atoms with E-state index in [2.05, 4.69) is 5.32 Å². The van der Waals surface area contributed by atoms with E-state index in [0.29, 0.717) is 48.6 Å². The molecule has 186 valence electrons. The lowest BCUT2D eigenvalue weighted by Gasteiger charge is -2.37. The fraction of sp³-hybridized carbons (Fsp3) is 0.444. The number of nitrogens with zero attached hydrogens (tertiary/aromatic N) is 2. The van der Waals surface area contributed by atoms with Gasteiger partial charge in [0.15, 0.2) is 0 Å². The smallest absolute Gasteiger partial charge is 0.253 e. The van der Waals surface area contributed by atoms with Gasteiger partial charge in [0.2, 0.25) is 5.91 Å². The molecule has 1 unspecified atom stereocenters. The van der Waals surface area contributed by atoms with E-state index in [9.17, 15) is 14.4 Å². The molecule has 1 atom stereocenters. The van der Waals surface area contributed by atoms with Gasteiger partial charge < -0.3 is 24.6 Å². The molecule has 35 heavy (non-hydrogen) atoms. The van der Waals surface area contributed by atoms with Crippen LogP contribution in [-0.4, -0.2) is 74.0 Å². The van der Waals surface area contributed by atoms with Gasteiger partial charge in [0.1, 0.15) is 17.5 Å². The molecule has 0 aliphatic carbocycles. The maximum atomic E-state index is 13.4. The van der Waals surface area contributed by atoms with Crippen molar-refractivity contribution >= 4 is 17.7 Å². The summed E-state index contributed by atoms with van der Waals surface area (Å²) in [4.78, 5) is 43.1. The summed E-state index contributed by atoms with van der Waals surface area (Å²) in [5, 5.41) is 3.02. The first kappa shape index (κ1) is 24.6. The Bertz CT molecular complexity index is 1040. The molecule has 1 N–H and O–H groups in total. The molecule has 0 bridgehead atoms. The number of ether oxygens (including phenoxy) is 2. The third kappa shape index (κ3) is 5.75. The van der Waals surface area contributed by atoms with E-state index in [0.717, 1.165) is 25.9 Å². The van der Waals surface area contributed by atoms with Crippen molar-refractivity contribution in [2.45, 2.75) is 31.7 Å². The van der Waals surface area contributed by atoms with E-state index in [1.54, 1.807) is 56.7 Å². The highest BCUT2D eigenvalue weighted by molar-refractivity contribution is 5.98. The molecule has 0 aromatic heterocycles. The zero-order valence-electron chi connectivity index (χ0n) is 20.4. The summed E-state index contributed by atoms with van der Waals surface area (Å²) in [7, 11) is 3.15. The summed E-state index contributed by atoms with van der Waals surface area (Å²) >= 11 is 0. The van der Waals surface area contributed by atoms with Gasteiger partial charge in [-0.1, -0.05) is 6.07 Å². The molecule has 8 heteroatoms. The van der Waals surface area contributed by atoms with Crippen molar-refractivity contribution in [3.05, 3.63) is 59.7 Å². The third-order valence-electron chi connectivity index (χ3n) is 6.94. The van der Waals surface area contributed by atoms with Gasteiger partial charge in [0.25, 0.3) is 11.8 Å². The average molecular weight is 480 g/mol. The van der Waals surface area contributed by atoms with Crippen LogP contribution in [0.2, 0.25) is 0 Å². The Morgan fingerprint density at radius 1 is 0.829 bits per heavy atom. The van der Waals surface area contributed by atoms with Crippen molar-refractivity contribution in [2.75, 3.05) is 40.4 Å². The number of hydrogen-bond donors (Lipinski definition) is 1. The average Bonchev–Trinajstić information content (AvgIpc) is 3.46. The molecular weight excluding hydrogens is 446 g/mol. The van der Waals surface area contributed by atoms with Gasteiger partial charge in [-0.3, -0.25) is 14.4 Å². The van der Waals surface area contributed by atoms with Crippen LogP contribution >= 0.6 is 0 Å². The number of piperidine rings is 1. The molecule has 2 aliphatic rings. The Hall–Kier alpha value is -3.55. The van der Waals surface area contributed by atoms with Gasteiger partial charge >= 0.3 is 0 Å². The van der Waals surface area contributed by atoms with Crippen LogP contribution in [-0.2, 0) is 4.79 Å². The van der Waals surface area contributed by atoms with E-state index >= 15 is 0 Å². The quantitative estimate of drug-likeness (QED) is 0.660. The van der Waals surface area contributed by atoms with Crippen LogP contribution in [0.5, 0.6) is 11.5 Å². The van der Waals surface area contributed by atoms with Crippen LogP contribution in [0.15, 0.2) is 48.5 Å². The second-order valence-electron chi connectivity index (χ2n) is 9.07. The van der Waals surface area contributed by atoms with E-state index in [1.165, 1.54) is 0 Å². The summed E-state index contributed by atoms with van der Waals surface area (Å²) in [5.74, 6) is 0.913. The second-order valence-corrected chi connectivity index (χ2v) is 9.07. The Morgan fingerprint density at radius 3 is 2.11 bits per heavy atom. The molecule has 2 aromatic carbocycles. The fourth-order valence-corrected chi connectivity index (χ4v) is 4.86. The number of carbonyl (C=O) groups excluding carboxylic acids is 3. The molecule has 0 radical (unpaired) electrons. The van der Waals surface area contributed by atoms with Gasteiger partial charge in [-0.25, -0.2) is 0 Å². The van der Waals surface area contributed by atoms with Crippen molar-refractivity contribution in [3.63, 3.8) is 0 Å². The van der Waals surface area contributed by atoms with Crippen LogP contribution in [0, 0.1) is 5.92 Å². The Labute approximate surface area is 206 Å². The predicted molar refractivity (Wildman–Crippen MR) is 132 cm³/mol. The Kier molecular flexibility index (Phi) is 7.90. The number of methoxy groups -OCH3 is 2. The van der Waals surface area contributed by atoms with Gasteiger partial charge in [-0.15, -0.1) is 0 Å². The normalized spacial score (nSPS) is 17.1. The first-order chi connectivity index (χ1) is 17.0. The maximum Gasteiger partial charge on any atom is 0.253 e. The highest BCUT2D eigenvalue weighted by atomic mass is 16.5. The SMILES string of the molecule is COc1ccc(C(=O)NC(C(=O)N2CCCC2)C2CCN(C(=O)c3cccc(OC)c3)CC2)cc1. The number of benzene rings is 2. The van der Waals surface area contributed by atoms with Crippen molar-refractivity contribution < 1.29 is 23.9 Å². The molecule has 2 fully saturated rings. The lowest BCUT2D eigenvalue weighted by molar-refractivity contribution is -0.134. The first-order valence-electron chi connectivity index (χ1n) is 12.2. The number of likely N-dealkylation sites (tertiary alicyclic amines) is 2. The molecule has 4 rings (SSSR count). The minimum absolute atomic E-state index is 0.0260. The maximum absolute atomic E-state index is 13.4. The molecule has 8 nitrogen and oxygen atoms in total. The van der Waals surface area contributed by atoms with Crippen molar-refractivity contribution in [1.82, 2.24) is 15.1 Å². The van der Waals surface area contributed by atoms with Crippen molar-refractivity contribution in [3.8, 4) is 11.5 Å². The van der Waals surface area contributed by atoms with Crippen LogP contribution in [0.1, 0.15) is 46.4 Å². The lowest BCUT2D eigenvalue weighted by atomic mass is 9.88. The number of amides is 3. The predicted octanol–water partition coefficient (Wildman–Crippen LogP) is 2.98. The third-order valence-corrected chi connectivity index (χ3v) is 6.94. The molecule has 2 aliphatic heterocycles. The lowest BCUT2D eigenvalue weighted by Crippen LogP contribution is -2.54. The molecule has 3 amide bonds. The second kappa shape index (κ2) is 11.3. The molecule has 0 spiro atoms. The van der Waals surface area contributed by atoms with Crippen LogP contribution in [0.4, 0.5) is 0 Å². The highest BCUT2D eigenvalue weighted by Gasteiger charge is 2.37. The van der Waals surface area contributed by atoms with Crippen LogP contribution in [0.3, 0.4) is 0 Å². The largest absolute Gasteiger partial charge is 0.497 e. The van der Waals surface area contributed by atoms with Crippen LogP contribution in [0.25, 0.3) is 0 Å². The summed E-state index contributed by atoms with van der Waals surface area (Å²) in [5.41, 5.74) is 1.07. The zero-order chi connectivity index (χ0) is 24.8. The summed E-state index contributed by atoms with van der Waals surface area (Å²) in [6.45, 7) is 2.51. The minimum atomic E-state index is -0.614.